The van der Waals surface area contributed by atoms with E-state index in [1.807, 2.05) is 19.1 Å². The van der Waals surface area contributed by atoms with Crippen molar-refractivity contribution in [3.05, 3.63) is 65.7 Å². The minimum atomic E-state index is -3.47. The fourth-order valence-corrected chi connectivity index (χ4v) is 5.56. The highest BCUT2D eigenvalue weighted by Crippen LogP contribution is 2.27. The molecule has 0 saturated carbocycles. The summed E-state index contributed by atoms with van der Waals surface area (Å²) in [7, 11) is -3.47. The topological polar surface area (TPSA) is 62.3 Å². The summed E-state index contributed by atoms with van der Waals surface area (Å²) in [6.07, 6.45) is 2.94. The molecule has 0 aliphatic carbocycles. The lowest BCUT2D eigenvalue weighted by Crippen LogP contribution is -2.41. The van der Waals surface area contributed by atoms with Crippen molar-refractivity contribution in [1.82, 2.24) is 9.29 Å². The van der Waals surface area contributed by atoms with Crippen LogP contribution in [0.4, 0.5) is 5.82 Å². The minimum Gasteiger partial charge on any atom is -0.366 e. The van der Waals surface area contributed by atoms with E-state index in [-0.39, 0.29) is 6.04 Å². The van der Waals surface area contributed by atoms with Crippen LogP contribution in [0.2, 0.25) is 0 Å². The van der Waals surface area contributed by atoms with Gasteiger partial charge in [0.05, 0.1) is 10.4 Å². The van der Waals surface area contributed by atoms with Gasteiger partial charge in [-0.15, -0.1) is 0 Å². The Hall–Kier alpha value is -2.44. The first-order valence-electron chi connectivity index (χ1n) is 10.2. The van der Waals surface area contributed by atoms with Crippen LogP contribution in [0.15, 0.2) is 59.5 Å². The quantitative estimate of drug-likeness (QED) is 0.662. The third-order valence-electron chi connectivity index (χ3n) is 5.60. The van der Waals surface area contributed by atoms with Crippen molar-refractivity contribution in [3.8, 4) is 0 Å². The minimum absolute atomic E-state index is 0.0518. The lowest BCUT2D eigenvalue weighted by atomic mass is 10.1. The van der Waals surface area contributed by atoms with E-state index >= 15 is 0 Å². The molecule has 2 heterocycles. The van der Waals surface area contributed by atoms with Gasteiger partial charge in [0, 0.05) is 24.5 Å². The van der Waals surface area contributed by atoms with Gasteiger partial charge in [0.25, 0.3) is 0 Å². The monoisotopic (exact) mass is 409 g/mol. The molecule has 152 valence electrons. The van der Waals surface area contributed by atoms with E-state index in [0.717, 1.165) is 36.0 Å². The second-order valence-electron chi connectivity index (χ2n) is 7.85. The molecule has 0 radical (unpaired) electrons. The van der Waals surface area contributed by atoms with E-state index in [0.29, 0.717) is 18.0 Å². The highest BCUT2D eigenvalue weighted by Gasteiger charge is 2.31. The number of pyridine rings is 1. The molecular weight excluding hydrogens is 382 g/mol. The Morgan fingerprint density at radius 1 is 1.07 bits per heavy atom. The first-order chi connectivity index (χ1) is 13.9. The normalized spacial score (nSPS) is 18.1. The Morgan fingerprint density at radius 3 is 2.62 bits per heavy atom. The van der Waals surface area contributed by atoms with Gasteiger partial charge in [0.15, 0.2) is 0 Å². The molecule has 29 heavy (non-hydrogen) atoms. The lowest BCUT2D eigenvalue weighted by Gasteiger charge is -2.32. The highest BCUT2D eigenvalue weighted by atomic mass is 32.2. The average molecular weight is 410 g/mol. The van der Waals surface area contributed by atoms with Crippen LogP contribution in [0.25, 0.3) is 10.9 Å². The van der Waals surface area contributed by atoms with Crippen molar-refractivity contribution in [3.63, 3.8) is 0 Å². The van der Waals surface area contributed by atoms with Gasteiger partial charge in [-0.3, -0.25) is 0 Å². The second kappa shape index (κ2) is 8.13. The van der Waals surface area contributed by atoms with Gasteiger partial charge in [-0.1, -0.05) is 36.2 Å². The molecular formula is C23H27N3O2S. The maximum atomic E-state index is 13.1. The molecule has 1 aromatic heterocycles. The van der Waals surface area contributed by atoms with E-state index < -0.39 is 10.0 Å². The van der Waals surface area contributed by atoms with Crippen molar-refractivity contribution >= 4 is 26.7 Å². The Morgan fingerprint density at radius 2 is 1.86 bits per heavy atom. The number of piperidine rings is 1. The zero-order valence-electron chi connectivity index (χ0n) is 16.9. The number of aromatic nitrogens is 1. The first kappa shape index (κ1) is 19.9. The van der Waals surface area contributed by atoms with Crippen LogP contribution in [0, 0.1) is 6.92 Å². The molecule has 6 heteroatoms. The van der Waals surface area contributed by atoms with Gasteiger partial charge in [-0.05, 0) is 62.6 Å². The van der Waals surface area contributed by atoms with Crippen molar-refractivity contribution in [1.29, 1.82) is 0 Å². The molecule has 0 spiro atoms. The van der Waals surface area contributed by atoms with E-state index in [9.17, 15) is 8.42 Å². The number of rotatable bonds is 5. The predicted octanol–water partition coefficient (Wildman–Crippen LogP) is 4.72. The van der Waals surface area contributed by atoms with Gasteiger partial charge in [-0.2, -0.15) is 4.31 Å². The van der Waals surface area contributed by atoms with E-state index in [4.69, 9.17) is 0 Å². The van der Waals surface area contributed by atoms with E-state index in [1.165, 1.54) is 11.1 Å². The van der Waals surface area contributed by atoms with Crippen molar-refractivity contribution in [2.24, 2.45) is 0 Å². The number of nitrogens with one attached hydrogen (secondary N) is 1. The van der Waals surface area contributed by atoms with Gasteiger partial charge < -0.3 is 5.32 Å². The van der Waals surface area contributed by atoms with Gasteiger partial charge in [0.1, 0.15) is 5.82 Å². The van der Waals surface area contributed by atoms with Crippen molar-refractivity contribution in [2.75, 3.05) is 11.9 Å². The summed E-state index contributed by atoms with van der Waals surface area (Å²) in [5, 5.41) is 4.17. The summed E-state index contributed by atoms with van der Waals surface area (Å²) in [6.45, 7) is 5.35. The van der Waals surface area contributed by atoms with Crippen LogP contribution in [0.3, 0.4) is 0 Å². The molecule has 1 aliphatic rings. The molecule has 0 bridgehead atoms. The molecule has 1 N–H and O–H groups in total. The SMILES string of the molecule is Cc1ccc(CNc2ccc3cc(S(=O)(=O)N4CCCC[C@H]4C)ccc3n2)cc1. The summed E-state index contributed by atoms with van der Waals surface area (Å²) in [4.78, 5) is 4.99. The highest BCUT2D eigenvalue weighted by molar-refractivity contribution is 7.89. The largest absolute Gasteiger partial charge is 0.366 e. The van der Waals surface area contributed by atoms with Crippen molar-refractivity contribution < 1.29 is 8.42 Å². The molecule has 1 aliphatic heterocycles. The fraction of sp³-hybridized carbons (Fsp3) is 0.348. The summed E-state index contributed by atoms with van der Waals surface area (Å²) in [6, 6.07) is 17.5. The molecule has 4 rings (SSSR count). The number of aryl methyl sites for hydroxylation is 1. The van der Waals surface area contributed by atoms with Gasteiger partial charge >= 0.3 is 0 Å². The second-order valence-corrected chi connectivity index (χ2v) is 9.74. The van der Waals surface area contributed by atoms with Gasteiger partial charge in [0.2, 0.25) is 10.0 Å². The predicted molar refractivity (Wildman–Crippen MR) is 117 cm³/mol. The first-order valence-corrected chi connectivity index (χ1v) is 11.6. The molecule has 1 atom stereocenters. The zero-order chi connectivity index (χ0) is 20.4. The number of fused-ring (bicyclic) bond motifs is 1. The molecule has 0 amide bonds. The summed E-state index contributed by atoms with van der Waals surface area (Å²) in [5.74, 6) is 0.776. The standard InChI is InChI=1S/C23H27N3O2S/c1-17-6-8-19(9-7-17)16-24-23-13-10-20-15-21(11-12-22(20)25-23)29(27,28)26-14-4-3-5-18(26)2/h6-13,15,18H,3-5,14,16H2,1-2H3,(H,24,25)/t18-/m1/s1. The molecule has 1 saturated heterocycles. The average Bonchev–Trinajstić information content (AvgIpc) is 2.73. The van der Waals surface area contributed by atoms with Crippen LogP contribution in [-0.4, -0.2) is 30.3 Å². The number of benzene rings is 2. The fourth-order valence-electron chi connectivity index (χ4n) is 3.83. The van der Waals surface area contributed by atoms with Crippen molar-refractivity contribution in [2.45, 2.75) is 50.6 Å². The lowest BCUT2D eigenvalue weighted by molar-refractivity contribution is 0.268. The summed E-state index contributed by atoms with van der Waals surface area (Å²) in [5.41, 5.74) is 3.21. The van der Waals surface area contributed by atoms with E-state index in [2.05, 4.69) is 41.5 Å². The third kappa shape index (κ3) is 4.28. The molecule has 3 aromatic rings. The zero-order valence-corrected chi connectivity index (χ0v) is 17.7. The Kier molecular flexibility index (Phi) is 5.56. The molecule has 2 aromatic carbocycles. The molecule has 0 unspecified atom stereocenters. The van der Waals surface area contributed by atoms with Crippen LogP contribution in [-0.2, 0) is 16.6 Å². The smallest absolute Gasteiger partial charge is 0.243 e. The van der Waals surface area contributed by atoms with Gasteiger partial charge in [-0.25, -0.2) is 13.4 Å². The number of sulfonamides is 1. The number of hydrogen-bond donors (Lipinski definition) is 1. The van der Waals surface area contributed by atoms with Crippen LogP contribution < -0.4 is 5.32 Å². The van der Waals surface area contributed by atoms with E-state index in [1.54, 1.807) is 22.5 Å². The molecule has 1 fully saturated rings. The Labute approximate surface area is 172 Å². The number of nitrogens with zero attached hydrogens (tertiary/aromatic N) is 2. The molecule has 5 nitrogen and oxygen atoms in total. The third-order valence-corrected chi connectivity index (χ3v) is 7.61. The number of anilines is 1. The van der Waals surface area contributed by atoms with Crippen LogP contribution >= 0.6 is 0 Å². The van der Waals surface area contributed by atoms with Crippen LogP contribution in [0.1, 0.15) is 37.3 Å². The Balaban J connectivity index is 1.54. The number of hydrogen-bond acceptors (Lipinski definition) is 4. The summed E-state index contributed by atoms with van der Waals surface area (Å²) >= 11 is 0. The van der Waals surface area contributed by atoms with Crippen LogP contribution in [0.5, 0.6) is 0 Å². The Bertz CT molecular complexity index is 1110. The summed E-state index contributed by atoms with van der Waals surface area (Å²) < 4.78 is 27.8. The maximum absolute atomic E-state index is 13.1. The maximum Gasteiger partial charge on any atom is 0.243 e.